The molecule has 4 fully saturated rings. The maximum Gasteiger partial charge on any atom is 0.423 e. The molecule has 0 aromatic heterocycles. The largest absolute Gasteiger partial charge is 0.481 e. The van der Waals surface area contributed by atoms with E-state index in [1.54, 1.807) is 11.8 Å². The Morgan fingerprint density at radius 2 is 0.904 bits per heavy atom. The first-order valence-corrected chi connectivity index (χ1v) is 26.6. The normalized spacial score (nSPS) is 18.0. The van der Waals surface area contributed by atoms with Gasteiger partial charge in [0.15, 0.2) is 0 Å². The predicted molar refractivity (Wildman–Crippen MR) is 285 cm³/mol. The second kappa shape index (κ2) is 28.0. The summed E-state index contributed by atoms with van der Waals surface area (Å²) in [6, 6.07) is 16.0. The molecule has 4 aliphatic rings. The van der Waals surface area contributed by atoms with Crippen LogP contribution in [0.25, 0.3) is 0 Å². The molecule has 8 rings (SSSR count). The van der Waals surface area contributed by atoms with Gasteiger partial charge < -0.3 is 35.8 Å². The molecule has 0 saturated carbocycles. The molecule has 4 aromatic rings. The number of amides is 1. The van der Waals surface area contributed by atoms with E-state index in [4.69, 9.17) is 5.11 Å². The van der Waals surface area contributed by atoms with Crippen molar-refractivity contribution < 1.29 is 77.2 Å². The number of nitrogens with zero attached hydrogens (tertiary/aromatic N) is 7. The van der Waals surface area contributed by atoms with Crippen LogP contribution in [0.5, 0.6) is 0 Å². The van der Waals surface area contributed by atoms with E-state index in [2.05, 4.69) is 25.8 Å². The van der Waals surface area contributed by atoms with Crippen molar-refractivity contribution in [1.29, 1.82) is 0 Å². The van der Waals surface area contributed by atoms with Gasteiger partial charge in [-0.25, -0.2) is 0 Å². The number of alkyl halides is 12. The van der Waals surface area contributed by atoms with Crippen molar-refractivity contribution in [3.63, 3.8) is 0 Å². The van der Waals surface area contributed by atoms with E-state index < -0.39 is 80.1 Å². The fourth-order valence-electron chi connectivity index (χ4n) is 10.0. The van der Waals surface area contributed by atoms with E-state index in [-0.39, 0.29) is 35.3 Å². The van der Waals surface area contributed by atoms with Gasteiger partial charge in [-0.15, -0.1) is 0 Å². The zero-order valence-electron chi connectivity index (χ0n) is 45.2. The van der Waals surface area contributed by atoms with Gasteiger partial charge in [-0.3, -0.25) is 39.6 Å². The smallest absolute Gasteiger partial charge is 0.423 e. The number of piperazine rings is 2. The Kier molecular flexibility index (Phi) is 21.9. The zero-order chi connectivity index (χ0) is 61.0. The Hall–Kier alpha value is -7.14. The highest BCUT2D eigenvalue weighted by atomic mass is 19.4. The van der Waals surface area contributed by atoms with Crippen LogP contribution in [0.3, 0.4) is 0 Å². The fraction of sp³-hybridized carbons (Fsp3) is 0.519. The summed E-state index contributed by atoms with van der Waals surface area (Å²) in [6.45, 7) is 12.4. The van der Waals surface area contributed by atoms with Crippen LogP contribution in [-0.4, -0.2) is 145 Å². The lowest BCUT2D eigenvalue weighted by molar-refractivity contribution is -0.388. The predicted octanol–water partition coefficient (Wildman–Crippen LogP) is 10.8. The van der Waals surface area contributed by atoms with Crippen LogP contribution < -0.4 is 25.8 Å². The van der Waals surface area contributed by atoms with Crippen molar-refractivity contribution >= 4 is 46.0 Å². The third kappa shape index (κ3) is 18.9. The third-order valence-electron chi connectivity index (χ3n) is 14.7. The molecule has 17 nitrogen and oxygen atoms in total. The lowest BCUT2D eigenvalue weighted by atomic mass is 10.0. The quantitative estimate of drug-likeness (QED) is 0.0529. The first-order valence-electron chi connectivity index (χ1n) is 26.6. The van der Waals surface area contributed by atoms with E-state index in [0.717, 1.165) is 85.8 Å². The molecule has 2 atom stereocenters. The third-order valence-corrected chi connectivity index (χ3v) is 14.7. The van der Waals surface area contributed by atoms with E-state index in [1.165, 1.54) is 36.4 Å². The van der Waals surface area contributed by atoms with Crippen LogP contribution in [-0.2, 0) is 34.3 Å². The number of nitrogens with one attached hydrogen (secondary N) is 3. The molecule has 0 radical (unpaired) electrons. The summed E-state index contributed by atoms with van der Waals surface area (Å²) in [7, 11) is 0. The number of carboxylic acid groups (broad SMARTS) is 1. The first-order chi connectivity index (χ1) is 38.9. The summed E-state index contributed by atoms with van der Waals surface area (Å²) in [6.07, 6.45) is -15.7. The Bertz CT molecular complexity index is 2790. The zero-order valence-corrected chi connectivity index (χ0v) is 45.2. The van der Waals surface area contributed by atoms with Gasteiger partial charge in [0.25, 0.3) is 11.4 Å². The highest BCUT2D eigenvalue weighted by molar-refractivity contribution is 5.79. The Balaban J connectivity index is 0.000000221. The molecule has 0 bridgehead atoms. The fourth-order valence-corrected chi connectivity index (χ4v) is 10.0. The number of carboxylic acids is 1. The summed E-state index contributed by atoms with van der Waals surface area (Å²) < 4.78 is 154. The van der Waals surface area contributed by atoms with E-state index in [1.807, 2.05) is 16.7 Å². The molecule has 4 aromatic carbocycles. The molecular weight excluding hydrogens is 1130 g/mol. The van der Waals surface area contributed by atoms with Crippen molar-refractivity contribution in [3.8, 4) is 0 Å². The molecule has 0 unspecified atom stereocenters. The summed E-state index contributed by atoms with van der Waals surface area (Å²) in [5.74, 6) is -1.52. The molecule has 1 amide bonds. The highest BCUT2D eigenvalue weighted by Gasteiger charge is 2.40. The van der Waals surface area contributed by atoms with Crippen LogP contribution in [0.15, 0.2) is 84.9 Å². The van der Waals surface area contributed by atoms with E-state index in [0.29, 0.717) is 91.4 Å². The highest BCUT2D eigenvalue weighted by Crippen LogP contribution is 2.40. The molecule has 456 valence electrons. The van der Waals surface area contributed by atoms with Crippen molar-refractivity contribution in [2.45, 2.75) is 76.3 Å². The molecule has 4 aliphatic heterocycles. The number of halogens is 12. The number of piperidine rings is 2. The SMILES string of the molecule is C[C@@H](CN1CCN(c2ccc(C(F)(F)F)cc2)CC1)C(=O)N1CCC(Nc2ccc([N+](=O)[O-])c(C(F)(F)F)c2)CC1.C[C@@H](CN1CCN(c2ccc(C(F)(F)F)cc2)CC1)C(=O)O.O=[N+]([O-])c1ccc(NC2CCNCC2)cc1C(F)(F)F. The summed E-state index contributed by atoms with van der Waals surface area (Å²) in [4.78, 5) is 53.5. The number of nitro benzene ring substituents is 2. The van der Waals surface area contributed by atoms with Gasteiger partial charge >= 0.3 is 30.7 Å². The monoisotopic (exact) mass is 1190 g/mol. The second-order valence-corrected chi connectivity index (χ2v) is 20.7. The van der Waals surface area contributed by atoms with Crippen LogP contribution in [0.1, 0.15) is 61.8 Å². The molecule has 0 spiro atoms. The van der Waals surface area contributed by atoms with Crippen LogP contribution in [0, 0.1) is 32.1 Å². The molecule has 4 saturated heterocycles. The number of benzene rings is 4. The number of rotatable bonds is 14. The second-order valence-electron chi connectivity index (χ2n) is 20.7. The maximum absolute atomic E-state index is 13.3. The van der Waals surface area contributed by atoms with Crippen molar-refractivity contribution in [3.05, 3.63) is 127 Å². The molecule has 4 N–H and O–H groups in total. The van der Waals surface area contributed by atoms with Gasteiger partial charge in [0.05, 0.1) is 26.9 Å². The standard InChI is InChI=1S/C27H31F6N5O3.C15H19F3N2O2.C12H14F3N3O2/c1-18(17-35-12-14-36(15-13-35)22-5-2-19(3-6-22)26(28,29)30)25(39)37-10-8-20(9-11-37)34-21-4-7-24(38(40)41)23(16-21)27(31,32)33;1-11(14(21)22)10-19-6-8-20(9-7-19)13-4-2-12(3-5-13)15(16,17)18;13-12(14,15)10-7-9(1-2-11(10)18(19)20)17-8-3-5-16-6-4-8/h2-7,16,18,20,34H,8-15,17H2,1H3;2-5,11H,6-10H2,1H3,(H,21,22);1-2,7-8,16-17H,3-6H2/t18-;11-;/m00./s1. The minimum Gasteiger partial charge on any atom is -0.481 e. The number of carbonyl (C=O) groups excluding carboxylic acids is 1. The summed E-state index contributed by atoms with van der Waals surface area (Å²) in [5.41, 5.74) is -3.91. The van der Waals surface area contributed by atoms with Crippen molar-refractivity contribution in [1.82, 2.24) is 20.0 Å². The number of nitro groups is 2. The number of likely N-dealkylation sites (tertiary alicyclic amines) is 1. The van der Waals surface area contributed by atoms with Crippen molar-refractivity contribution in [2.75, 3.05) is 112 Å². The number of anilines is 4. The molecule has 29 heteroatoms. The maximum atomic E-state index is 13.3. The van der Waals surface area contributed by atoms with Crippen LogP contribution in [0.4, 0.5) is 86.8 Å². The van der Waals surface area contributed by atoms with Gasteiger partial charge in [-0.2, -0.15) is 52.7 Å². The van der Waals surface area contributed by atoms with Crippen molar-refractivity contribution in [2.24, 2.45) is 11.8 Å². The molecule has 83 heavy (non-hydrogen) atoms. The Morgan fingerprint density at radius 3 is 1.24 bits per heavy atom. The average molecular weight is 1190 g/mol. The van der Waals surface area contributed by atoms with E-state index >= 15 is 0 Å². The van der Waals surface area contributed by atoms with Gasteiger partial charge in [0, 0.05) is 131 Å². The Morgan fingerprint density at radius 1 is 0.542 bits per heavy atom. The minimum absolute atomic E-state index is 0.0108. The van der Waals surface area contributed by atoms with Gasteiger partial charge in [0.1, 0.15) is 11.1 Å². The van der Waals surface area contributed by atoms with E-state index in [9.17, 15) is 82.5 Å². The number of aliphatic carboxylic acids is 1. The van der Waals surface area contributed by atoms with Crippen LogP contribution in [0.2, 0.25) is 0 Å². The lowest BCUT2D eigenvalue weighted by Gasteiger charge is -2.38. The average Bonchev–Trinajstić information content (AvgIpc) is 3.58. The molecule has 0 aliphatic carbocycles. The van der Waals surface area contributed by atoms with Gasteiger partial charge in [0.2, 0.25) is 5.91 Å². The molecule has 4 heterocycles. The Labute approximate surface area is 469 Å². The molecular formula is C54H64F12N10O7. The lowest BCUT2D eigenvalue weighted by Crippen LogP contribution is -2.50. The minimum atomic E-state index is -4.86. The van der Waals surface area contributed by atoms with Crippen LogP contribution >= 0.6 is 0 Å². The first kappa shape index (κ1) is 65.0. The number of hydrogen-bond acceptors (Lipinski definition) is 13. The van der Waals surface area contributed by atoms with Gasteiger partial charge in [-0.05, 0) is 112 Å². The number of hydrogen-bond donors (Lipinski definition) is 4. The topological polar surface area (TPSA) is 193 Å². The summed E-state index contributed by atoms with van der Waals surface area (Å²) >= 11 is 0. The van der Waals surface area contributed by atoms with Gasteiger partial charge in [-0.1, -0.05) is 13.8 Å². The number of carbonyl (C=O) groups is 2. The summed E-state index contributed by atoms with van der Waals surface area (Å²) in [5, 5.41) is 39.7.